The molecular formula is C17H18N6OS. The van der Waals surface area contributed by atoms with Crippen LogP contribution in [0.5, 0.6) is 5.75 Å². The van der Waals surface area contributed by atoms with Crippen LogP contribution in [0.25, 0.3) is 0 Å². The van der Waals surface area contributed by atoms with Crippen LogP contribution in [0.3, 0.4) is 0 Å². The monoisotopic (exact) mass is 354 g/mol. The van der Waals surface area contributed by atoms with Gasteiger partial charge in [-0.2, -0.15) is 5.10 Å². The van der Waals surface area contributed by atoms with Crippen LogP contribution in [0.2, 0.25) is 0 Å². The third-order valence-electron chi connectivity index (χ3n) is 3.37. The summed E-state index contributed by atoms with van der Waals surface area (Å²) >= 11 is 1.50. The summed E-state index contributed by atoms with van der Waals surface area (Å²) < 4.78 is 6.53. The van der Waals surface area contributed by atoms with Gasteiger partial charge in [0.2, 0.25) is 5.16 Å². The highest BCUT2D eigenvalue weighted by atomic mass is 32.2. The van der Waals surface area contributed by atoms with Crippen LogP contribution in [0, 0.1) is 0 Å². The molecule has 2 aromatic carbocycles. The fourth-order valence-corrected chi connectivity index (χ4v) is 2.84. The number of benzene rings is 2. The Morgan fingerprint density at radius 2 is 1.92 bits per heavy atom. The van der Waals surface area contributed by atoms with Crippen molar-refractivity contribution in [1.29, 1.82) is 0 Å². The van der Waals surface area contributed by atoms with Gasteiger partial charge in [-0.25, -0.2) is 10.1 Å². The van der Waals surface area contributed by atoms with Gasteiger partial charge >= 0.3 is 0 Å². The molecule has 25 heavy (non-hydrogen) atoms. The van der Waals surface area contributed by atoms with E-state index in [4.69, 9.17) is 10.6 Å². The summed E-state index contributed by atoms with van der Waals surface area (Å²) in [6, 6.07) is 17.6. The Kier molecular flexibility index (Phi) is 5.53. The van der Waals surface area contributed by atoms with Gasteiger partial charge in [-0.1, -0.05) is 54.2 Å². The van der Waals surface area contributed by atoms with Crippen LogP contribution in [-0.2, 0) is 5.75 Å². The zero-order valence-electron chi connectivity index (χ0n) is 13.7. The number of ether oxygens (including phenoxy) is 1. The van der Waals surface area contributed by atoms with E-state index in [2.05, 4.69) is 20.7 Å². The zero-order chi connectivity index (χ0) is 17.5. The second-order valence-corrected chi connectivity index (χ2v) is 6.04. The van der Waals surface area contributed by atoms with Crippen molar-refractivity contribution in [3.8, 4) is 5.75 Å². The van der Waals surface area contributed by atoms with Crippen LogP contribution in [-0.4, -0.2) is 28.2 Å². The second-order valence-electron chi connectivity index (χ2n) is 5.09. The Morgan fingerprint density at radius 1 is 1.16 bits per heavy atom. The Hall–Kier alpha value is -3.00. The Balaban J connectivity index is 1.57. The number of nitrogens with one attached hydrogen (secondary N) is 1. The number of methoxy groups -OCH3 is 1. The van der Waals surface area contributed by atoms with Crippen molar-refractivity contribution in [2.45, 2.75) is 10.9 Å². The molecule has 0 spiro atoms. The lowest BCUT2D eigenvalue weighted by Crippen LogP contribution is -2.13. The Morgan fingerprint density at radius 3 is 2.64 bits per heavy atom. The Labute approximate surface area is 149 Å². The van der Waals surface area contributed by atoms with E-state index in [1.807, 2.05) is 54.6 Å². The standard InChI is InChI=1S/C17H18N6OS/c1-24-15-9-7-14(8-10-15)12-25-17-22-21-16(23(17)18)20-19-11-13-5-3-2-4-6-13/h2-11H,12,18H2,1H3,(H,20,21)/b19-11+. The number of hydrogen-bond donors (Lipinski definition) is 2. The summed E-state index contributed by atoms with van der Waals surface area (Å²) in [4.78, 5) is 0. The maximum absolute atomic E-state index is 6.01. The van der Waals surface area contributed by atoms with E-state index in [1.54, 1.807) is 13.3 Å². The number of nitrogen functional groups attached to an aromatic ring is 1. The van der Waals surface area contributed by atoms with Gasteiger partial charge in [0.05, 0.1) is 13.3 Å². The van der Waals surface area contributed by atoms with E-state index in [0.717, 1.165) is 22.6 Å². The SMILES string of the molecule is COc1ccc(CSc2nnc(N/N=C/c3ccccc3)n2N)cc1. The number of anilines is 1. The molecule has 0 bridgehead atoms. The van der Waals surface area contributed by atoms with E-state index >= 15 is 0 Å². The minimum absolute atomic E-state index is 0.379. The van der Waals surface area contributed by atoms with Gasteiger partial charge in [0.15, 0.2) is 0 Å². The molecule has 3 rings (SSSR count). The minimum atomic E-state index is 0.379. The van der Waals surface area contributed by atoms with Crippen molar-refractivity contribution in [2.24, 2.45) is 5.10 Å². The topological polar surface area (TPSA) is 90.4 Å². The summed E-state index contributed by atoms with van der Waals surface area (Å²) in [5.74, 6) is 7.95. The van der Waals surface area contributed by atoms with Crippen molar-refractivity contribution in [2.75, 3.05) is 18.4 Å². The summed E-state index contributed by atoms with van der Waals surface area (Å²) in [5.41, 5.74) is 4.92. The summed E-state index contributed by atoms with van der Waals surface area (Å²) in [5, 5.41) is 12.8. The third kappa shape index (κ3) is 4.51. The molecule has 0 amide bonds. The number of nitrogens with two attached hydrogens (primary N) is 1. The number of rotatable bonds is 7. The molecule has 7 nitrogen and oxygen atoms in total. The van der Waals surface area contributed by atoms with E-state index in [0.29, 0.717) is 11.1 Å². The zero-order valence-corrected chi connectivity index (χ0v) is 14.5. The predicted octanol–water partition coefficient (Wildman–Crippen LogP) is 2.74. The first-order chi connectivity index (χ1) is 12.3. The molecule has 0 aliphatic carbocycles. The van der Waals surface area contributed by atoms with Gasteiger partial charge in [-0.3, -0.25) is 0 Å². The highest BCUT2D eigenvalue weighted by molar-refractivity contribution is 7.98. The molecule has 8 heteroatoms. The maximum Gasteiger partial charge on any atom is 0.264 e. The Bertz CT molecular complexity index is 832. The first-order valence-electron chi connectivity index (χ1n) is 7.56. The van der Waals surface area contributed by atoms with Gasteiger partial charge in [-0.05, 0) is 23.3 Å². The largest absolute Gasteiger partial charge is 0.497 e. The van der Waals surface area contributed by atoms with E-state index < -0.39 is 0 Å². The van der Waals surface area contributed by atoms with Gasteiger partial charge < -0.3 is 10.6 Å². The van der Waals surface area contributed by atoms with Crippen LogP contribution in [0.4, 0.5) is 5.95 Å². The number of thioether (sulfide) groups is 1. The highest BCUT2D eigenvalue weighted by Crippen LogP contribution is 2.22. The summed E-state index contributed by atoms with van der Waals surface area (Å²) in [7, 11) is 1.65. The smallest absolute Gasteiger partial charge is 0.264 e. The highest BCUT2D eigenvalue weighted by Gasteiger charge is 2.09. The van der Waals surface area contributed by atoms with Crippen molar-refractivity contribution < 1.29 is 4.74 Å². The van der Waals surface area contributed by atoms with Crippen molar-refractivity contribution >= 4 is 23.9 Å². The summed E-state index contributed by atoms with van der Waals surface area (Å²) in [6.07, 6.45) is 1.69. The van der Waals surface area contributed by atoms with Crippen LogP contribution in [0.15, 0.2) is 64.9 Å². The molecule has 3 aromatic rings. The van der Waals surface area contributed by atoms with Gasteiger partial charge in [0.25, 0.3) is 5.95 Å². The number of hydrazone groups is 1. The molecule has 128 valence electrons. The van der Waals surface area contributed by atoms with Crippen LogP contribution >= 0.6 is 11.8 Å². The van der Waals surface area contributed by atoms with Crippen LogP contribution in [0.1, 0.15) is 11.1 Å². The molecule has 0 radical (unpaired) electrons. The molecule has 0 saturated heterocycles. The van der Waals surface area contributed by atoms with E-state index in [9.17, 15) is 0 Å². The molecule has 0 saturated carbocycles. The fraction of sp³-hybridized carbons (Fsp3) is 0.118. The average Bonchev–Trinajstić information content (AvgIpc) is 3.01. The predicted molar refractivity (Wildman–Crippen MR) is 100 cm³/mol. The number of hydrogen-bond acceptors (Lipinski definition) is 7. The van der Waals surface area contributed by atoms with Crippen molar-refractivity contribution in [3.63, 3.8) is 0 Å². The lowest BCUT2D eigenvalue weighted by atomic mass is 10.2. The average molecular weight is 354 g/mol. The first-order valence-corrected chi connectivity index (χ1v) is 8.55. The van der Waals surface area contributed by atoms with Crippen molar-refractivity contribution in [1.82, 2.24) is 14.9 Å². The fourth-order valence-electron chi connectivity index (χ4n) is 2.03. The van der Waals surface area contributed by atoms with Crippen LogP contribution < -0.4 is 16.0 Å². The third-order valence-corrected chi connectivity index (χ3v) is 4.38. The lowest BCUT2D eigenvalue weighted by Gasteiger charge is -2.04. The van der Waals surface area contributed by atoms with Gasteiger partial charge in [0.1, 0.15) is 5.75 Å². The molecule has 0 atom stereocenters. The minimum Gasteiger partial charge on any atom is -0.497 e. The van der Waals surface area contributed by atoms with E-state index in [-0.39, 0.29) is 0 Å². The quantitative estimate of drug-likeness (QED) is 0.293. The normalized spacial score (nSPS) is 10.9. The first kappa shape index (κ1) is 16.8. The molecule has 1 aromatic heterocycles. The molecule has 0 unspecified atom stereocenters. The summed E-state index contributed by atoms with van der Waals surface area (Å²) in [6.45, 7) is 0. The molecule has 0 fully saturated rings. The maximum atomic E-state index is 6.01. The van der Waals surface area contributed by atoms with E-state index in [1.165, 1.54) is 16.4 Å². The molecule has 0 aliphatic rings. The van der Waals surface area contributed by atoms with Crippen molar-refractivity contribution in [3.05, 3.63) is 65.7 Å². The second kappa shape index (κ2) is 8.20. The molecular weight excluding hydrogens is 336 g/mol. The lowest BCUT2D eigenvalue weighted by molar-refractivity contribution is 0.414. The number of aromatic nitrogens is 3. The van der Waals surface area contributed by atoms with Gasteiger partial charge in [0, 0.05) is 5.75 Å². The molecule has 3 N–H and O–H groups in total. The molecule has 1 heterocycles. The number of nitrogens with zero attached hydrogens (tertiary/aromatic N) is 4. The van der Waals surface area contributed by atoms with Gasteiger partial charge in [-0.15, -0.1) is 10.2 Å². The molecule has 0 aliphatic heterocycles.